The Morgan fingerprint density at radius 1 is 0.952 bits per heavy atom. The fraction of sp³-hybridized carbons (Fsp3) is 0.600. The van der Waals surface area contributed by atoms with Crippen molar-refractivity contribution in [1.29, 1.82) is 0 Å². The summed E-state index contributed by atoms with van der Waals surface area (Å²) < 4.78 is 1.15. The Bertz CT molecular complexity index is 393. The molecule has 1 aromatic carbocycles. The summed E-state index contributed by atoms with van der Waals surface area (Å²) in [5.74, 6) is 0. The van der Waals surface area contributed by atoms with Gasteiger partial charge in [0.25, 0.3) is 0 Å². The van der Waals surface area contributed by atoms with Crippen molar-refractivity contribution in [2.45, 2.75) is 58.9 Å². The molecular weight excluding hydrogens is 254 g/mol. The predicted molar refractivity (Wildman–Crippen MR) is 95.2 cm³/mol. The first-order chi connectivity index (χ1) is 10.1. The Labute approximate surface area is 132 Å². The van der Waals surface area contributed by atoms with Crippen molar-refractivity contribution in [3.8, 4) is 0 Å². The molecule has 0 bridgehead atoms. The molecule has 1 nitrogen and oxygen atoms in total. The molecule has 0 aliphatic carbocycles. The molecular formula is C20H34N+. The summed E-state index contributed by atoms with van der Waals surface area (Å²) in [5, 5.41) is 0. The quantitative estimate of drug-likeness (QED) is 0.364. The Balaban J connectivity index is 2.41. The van der Waals surface area contributed by atoms with E-state index >= 15 is 0 Å². The van der Waals surface area contributed by atoms with Gasteiger partial charge in [-0.3, -0.25) is 0 Å². The van der Waals surface area contributed by atoms with Crippen molar-refractivity contribution in [1.82, 2.24) is 0 Å². The molecule has 1 aromatic rings. The lowest BCUT2D eigenvalue weighted by molar-refractivity contribution is -0.921. The topological polar surface area (TPSA) is 0 Å². The maximum absolute atomic E-state index is 3.82. The van der Waals surface area contributed by atoms with Crippen molar-refractivity contribution < 1.29 is 4.48 Å². The van der Waals surface area contributed by atoms with Crippen LogP contribution in [0.15, 0.2) is 30.8 Å². The molecule has 0 fully saturated rings. The summed E-state index contributed by atoms with van der Waals surface area (Å²) in [6.45, 7) is 12.1. The Morgan fingerprint density at radius 2 is 1.57 bits per heavy atom. The average Bonchev–Trinajstić information content (AvgIpc) is 2.51. The van der Waals surface area contributed by atoms with Gasteiger partial charge in [0.1, 0.15) is 6.54 Å². The number of rotatable bonds is 11. The first kappa shape index (κ1) is 18.0. The third kappa shape index (κ3) is 6.95. The normalized spacial score (nSPS) is 13.9. The van der Waals surface area contributed by atoms with Crippen LogP contribution in [0, 0.1) is 0 Å². The van der Waals surface area contributed by atoms with E-state index in [0.717, 1.165) is 11.0 Å². The highest BCUT2D eigenvalue weighted by Gasteiger charge is 2.19. The third-order valence-corrected chi connectivity index (χ3v) is 4.59. The van der Waals surface area contributed by atoms with Gasteiger partial charge in [0.05, 0.1) is 20.1 Å². The molecule has 0 aliphatic rings. The summed E-state index contributed by atoms with van der Waals surface area (Å²) in [4.78, 5) is 0. The molecule has 21 heavy (non-hydrogen) atoms. The van der Waals surface area contributed by atoms with Gasteiger partial charge in [-0.15, -0.1) is 0 Å². The maximum atomic E-state index is 3.82. The average molecular weight is 288 g/mol. The Hall–Kier alpha value is -1.08. The fourth-order valence-electron chi connectivity index (χ4n) is 2.82. The molecule has 1 rings (SSSR count). The molecule has 0 amide bonds. The minimum atomic E-state index is 1.14. The predicted octanol–water partition coefficient (Wildman–Crippen LogP) is 5.66. The minimum Gasteiger partial charge on any atom is -0.323 e. The van der Waals surface area contributed by atoms with E-state index in [2.05, 4.69) is 51.7 Å². The molecule has 0 N–H and O–H groups in total. The van der Waals surface area contributed by atoms with Crippen LogP contribution in [-0.4, -0.2) is 24.6 Å². The molecule has 0 saturated heterocycles. The van der Waals surface area contributed by atoms with Gasteiger partial charge in [-0.2, -0.15) is 0 Å². The summed E-state index contributed by atoms with van der Waals surface area (Å²) >= 11 is 0. The van der Waals surface area contributed by atoms with Gasteiger partial charge in [0, 0.05) is 5.56 Å². The van der Waals surface area contributed by atoms with Gasteiger partial charge in [-0.25, -0.2) is 0 Å². The number of unbranched alkanes of at least 4 members (excludes halogenated alkanes) is 5. The van der Waals surface area contributed by atoms with Crippen molar-refractivity contribution in [2.75, 3.05) is 20.1 Å². The van der Waals surface area contributed by atoms with Gasteiger partial charge in [0.15, 0.2) is 0 Å². The molecule has 0 spiro atoms. The van der Waals surface area contributed by atoms with Crippen LogP contribution in [0.4, 0.5) is 0 Å². The van der Waals surface area contributed by atoms with E-state index in [4.69, 9.17) is 0 Å². The van der Waals surface area contributed by atoms with E-state index in [1.807, 2.05) is 6.08 Å². The van der Waals surface area contributed by atoms with Crippen molar-refractivity contribution in [2.24, 2.45) is 0 Å². The van der Waals surface area contributed by atoms with E-state index in [1.165, 1.54) is 62.7 Å². The number of nitrogens with zero attached hydrogens (tertiary/aromatic N) is 1. The molecule has 0 radical (unpaired) electrons. The number of hydrogen-bond donors (Lipinski definition) is 0. The number of quaternary nitrogens is 1. The first-order valence-electron chi connectivity index (χ1n) is 8.68. The highest BCUT2D eigenvalue weighted by atomic mass is 15.3. The van der Waals surface area contributed by atoms with Gasteiger partial charge < -0.3 is 4.48 Å². The van der Waals surface area contributed by atoms with E-state index in [9.17, 15) is 0 Å². The van der Waals surface area contributed by atoms with E-state index in [-0.39, 0.29) is 0 Å². The van der Waals surface area contributed by atoms with Gasteiger partial charge in [0.2, 0.25) is 0 Å². The van der Waals surface area contributed by atoms with Crippen LogP contribution in [0.1, 0.15) is 63.5 Å². The van der Waals surface area contributed by atoms with E-state index in [0.29, 0.717) is 0 Å². The second-order valence-corrected chi connectivity index (χ2v) is 6.53. The van der Waals surface area contributed by atoms with Crippen LogP contribution in [0.2, 0.25) is 0 Å². The highest BCUT2D eigenvalue weighted by Crippen LogP contribution is 2.16. The molecule has 0 aromatic heterocycles. The zero-order chi connectivity index (χ0) is 15.6. The minimum absolute atomic E-state index is 1.14. The molecule has 0 heterocycles. The summed E-state index contributed by atoms with van der Waals surface area (Å²) in [6, 6.07) is 8.86. The molecule has 1 atom stereocenters. The van der Waals surface area contributed by atoms with Crippen molar-refractivity contribution in [3.63, 3.8) is 0 Å². The molecule has 1 unspecified atom stereocenters. The summed E-state index contributed by atoms with van der Waals surface area (Å²) in [7, 11) is 2.40. The highest BCUT2D eigenvalue weighted by molar-refractivity contribution is 5.47. The molecule has 0 saturated carbocycles. The monoisotopic (exact) mass is 288 g/mol. The van der Waals surface area contributed by atoms with Crippen LogP contribution in [0.3, 0.4) is 0 Å². The van der Waals surface area contributed by atoms with Crippen LogP contribution in [0.5, 0.6) is 0 Å². The zero-order valence-corrected chi connectivity index (χ0v) is 14.4. The van der Waals surface area contributed by atoms with Crippen LogP contribution >= 0.6 is 0 Å². The van der Waals surface area contributed by atoms with Gasteiger partial charge in [-0.1, -0.05) is 69.5 Å². The zero-order valence-electron chi connectivity index (χ0n) is 14.4. The fourth-order valence-corrected chi connectivity index (χ4v) is 2.82. The second-order valence-electron chi connectivity index (χ2n) is 6.53. The lowest BCUT2D eigenvalue weighted by Crippen LogP contribution is -2.43. The summed E-state index contributed by atoms with van der Waals surface area (Å²) in [5.41, 5.74) is 2.65. The van der Waals surface area contributed by atoms with Gasteiger partial charge in [-0.05, 0) is 25.3 Å². The van der Waals surface area contributed by atoms with Crippen molar-refractivity contribution in [3.05, 3.63) is 42.0 Å². The first-order valence-corrected chi connectivity index (χ1v) is 8.68. The third-order valence-electron chi connectivity index (χ3n) is 4.59. The summed E-state index contributed by atoms with van der Waals surface area (Å²) in [6.07, 6.45) is 10.2. The standard InChI is InChI=1S/C20H34N/c1-5-8-9-10-11-12-17-21(4,7-3)18-20-15-13-19(6-2)14-16-20/h6,13-16H,2,5,7-12,17-18H2,1,3-4H3/q+1. The molecule has 118 valence electrons. The lowest BCUT2D eigenvalue weighted by atomic mass is 10.1. The van der Waals surface area contributed by atoms with Gasteiger partial charge >= 0.3 is 0 Å². The number of hydrogen-bond acceptors (Lipinski definition) is 0. The Kier molecular flexibility index (Phi) is 8.37. The molecule has 1 heteroatoms. The van der Waals surface area contributed by atoms with Crippen molar-refractivity contribution >= 4 is 6.08 Å². The number of benzene rings is 1. The Morgan fingerprint density at radius 3 is 2.14 bits per heavy atom. The second kappa shape index (κ2) is 9.78. The van der Waals surface area contributed by atoms with Crippen LogP contribution < -0.4 is 0 Å². The van der Waals surface area contributed by atoms with Crippen LogP contribution in [0.25, 0.3) is 6.08 Å². The van der Waals surface area contributed by atoms with E-state index in [1.54, 1.807) is 0 Å². The maximum Gasteiger partial charge on any atom is 0.104 e. The van der Waals surface area contributed by atoms with E-state index < -0.39 is 0 Å². The smallest absolute Gasteiger partial charge is 0.104 e. The lowest BCUT2D eigenvalue weighted by Gasteiger charge is -2.33. The molecule has 0 aliphatic heterocycles. The largest absolute Gasteiger partial charge is 0.323 e. The SMILES string of the molecule is C=Cc1ccc(C[N+](C)(CC)CCCCCCCC)cc1. The van der Waals surface area contributed by atoms with Crippen LogP contribution in [-0.2, 0) is 6.54 Å².